The van der Waals surface area contributed by atoms with E-state index in [9.17, 15) is 8.42 Å². The van der Waals surface area contributed by atoms with Gasteiger partial charge >= 0.3 is 0 Å². The van der Waals surface area contributed by atoms with Gasteiger partial charge in [-0.1, -0.05) is 35.3 Å². The monoisotopic (exact) mass is 492 g/mol. The number of halogens is 2. The van der Waals surface area contributed by atoms with Crippen LogP contribution in [0.4, 0.5) is 0 Å². The van der Waals surface area contributed by atoms with E-state index in [1.807, 2.05) is 12.1 Å². The van der Waals surface area contributed by atoms with E-state index in [-0.39, 0.29) is 4.90 Å². The minimum absolute atomic E-state index is 0.204. The topological polar surface area (TPSA) is 65.5 Å². The zero-order chi connectivity index (χ0) is 22.6. The lowest BCUT2D eigenvalue weighted by molar-refractivity contribution is 0.253. The number of nitrogens with zero attached hydrogens (tertiary/aromatic N) is 3. The first-order valence-electron chi connectivity index (χ1n) is 10.6. The fourth-order valence-electron chi connectivity index (χ4n) is 4.02. The van der Waals surface area contributed by atoms with Gasteiger partial charge in [0.05, 0.1) is 15.4 Å². The van der Waals surface area contributed by atoms with Crippen molar-refractivity contribution in [3.8, 4) is 0 Å². The molecule has 3 aromatic rings. The minimum atomic E-state index is -3.67. The molecule has 0 atom stereocenters. The van der Waals surface area contributed by atoms with E-state index in [2.05, 4.69) is 31.6 Å². The molecule has 0 saturated carbocycles. The largest absolute Gasteiger partial charge is 0.301 e. The van der Waals surface area contributed by atoms with Crippen LogP contribution in [0.3, 0.4) is 0 Å². The summed E-state index contributed by atoms with van der Waals surface area (Å²) in [6, 6.07) is 14.5. The molecule has 0 amide bonds. The molecule has 1 aliphatic heterocycles. The van der Waals surface area contributed by atoms with E-state index < -0.39 is 10.0 Å². The summed E-state index contributed by atoms with van der Waals surface area (Å²) in [7, 11) is -3.67. The average Bonchev–Trinajstić information content (AvgIpc) is 3.00. The van der Waals surface area contributed by atoms with Crippen molar-refractivity contribution in [2.45, 2.75) is 17.9 Å². The molecule has 2 aromatic carbocycles. The lowest BCUT2D eigenvalue weighted by Gasteiger charge is -2.22. The van der Waals surface area contributed by atoms with Crippen LogP contribution in [0, 0.1) is 0 Å². The number of sulfonamides is 1. The van der Waals surface area contributed by atoms with Crippen LogP contribution in [0.25, 0.3) is 10.9 Å². The number of fused-ring (bicyclic) bond motifs is 1. The maximum Gasteiger partial charge on any atom is 0.241 e. The smallest absolute Gasteiger partial charge is 0.241 e. The second kappa shape index (κ2) is 10.5. The Morgan fingerprint density at radius 3 is 2.50 bits per heavy atom. The zero-order valence-corrected chi connectivity index (χ0v) is 20.0. The van der Waals surface area contributed by atoms with E-state index in [4.69, 9.17) is 23.2 Å². The summed E-state index contributed by atoms with van der Waals surface area (Å²) >= 11 is 12.2. The van der Waals surface area contributed by atoms with Crippen LogP contribution in [0.5, 0.6) is 0 Å². The van der Waals surface area contributed by atoms with Gasteiger partial charge in [0.25, 0.3) is 0 Å². The molecule has 1 N–H and O–H groups in total. The lowest BCUT2D eigenvalue weighted by atomic mass is 10.2. The van der Waals surface area contributed by atoms with Gasteiger partial charge in [0.1, 0.15) is 0 Å². The van der Waals surface area contributed by atoms with Crippen molar-refractivity contribution >= 4 is 44.1 Å². The number of aromatic nitrogens is 1. The Labute approximate surface area is 199 Å². The Morgan fingerprint density at radius 1 is 0.938 bits per heavy atom. The fraction of sp³-hybridized carbons (Fsp3) is 0.348. The van der Waals surface area contributed by atoms with Gasteiger partial charge in [0, 0.05) is 49.3 Å². The normalized spacial score (nSPS) is 16.3. The summed E-state index contributed by atoms with van der Waals surface area (Å²) in [6.07, 6.45) is 2.65. The summed E-state index contributed by atoms with van der Waals surface area (Å²) in [5, 5.41) is 1.72. The molecule has 1 aromatic heterocycles. The number of hydrogen-bond acceptors (Lipinski definition) is 5. The molecule has 6 nitrogen and oxygen atoms in total. The summed E-state index contributed by atoms with van der Waals surface area (Å²) in [4.78, 5) is 9.16. The third-order valence-electron chi connectivity index (χ3n) is 5.69. The Kier molecular flexibility index (Phi) is 7.66. The molecule has 32 heavy (non-hydrogen) atoms. The van der Waals surface area contributed by atoms with Crippen molar-refractivity contribution in [1.29, 1.82) is 0 Å². The second-order valence-corrected chi connectivity index (χ2v) is 10.5. The van der Waals surface area contributed by atoms with Crippen molar-refractivity contribution in [2.75, 3.05) is 39.3 Å². The third kappa shape index (κ3) is 5.78. The van der Waals surface area contributed by atoms with E-state index in [1.165, 1.54) is 11.6 Å². The van der Waals surface area contributed by atoms with E-state index in [0.717, 1.165) is 44.2 Å². The van der Waals surface area contributed by atoms with Gasteiger partial charge in [0.2, 0.25) is 10.0 Å². The van der Waals surface area contributed by atoms with Gasteiger partial charge < -0.3 is 4.90 Å². The van der Waals surface area contributed by atoms with Crippen molar-refractivity contribution in [2.24, 2.45) is 0 Å². The second-order valence-electron chi connectivity index (χ2n) is 7.94. The van der Waals surface area contributed by atoms with E-state index in [1.54, 1.807) is 24.4 Å². The van der Waals surface area contributed by atoms with Crippen LogP contribution < -0.4 is 4.72 Å². The van der Waals surface area contributed by atoms with Gasteiger partial charge in [-0.05, 0) is 61.5 Å². The van der Waals surface area contributed by atoms with Gasteiger partial charge in [-0.2, -0.15) is 0 Å². The van der Waals surface area contributed by atoms with Crippen LogP contribution in [-0.4, -0.2) is 62.5 Å². The van der Waals surface area contributed by atoms with Crippen LogP contribution in [0.1, 0.15) is 12.0 Å². The summed E-state index contributed by atoms with van der Waals surface area (Å²) in [5.41, 5.74) is 1.74. The SMILES string of the molecule is O=S(=O)(NCCN1CCCN(Cc2ccc(Cl)cc2)CC1)c1ccc(Cl)c2ncccc12. The predicted molar refractivity (Wildman–Crippen MR) is 130 cm³/mol. The summed E-state index contributed by atoms with van der Waals surface area (Å²) in [5.74, 6) is 0. The molecule has 0 radical (unpaired) electrons. The van der Waals surface area contributed by atoms with Gasteiger partial charge in [-0.15, -0.1) is 0 Å². The highest BCUT2D eigenvalue weighted by Gasteiger charge is 2.20. The molecule has 1 fully saturated rings. The Hall–Kier alpha value is -1.74. The number of hydrogen-bond donors (Lipinski definition) is 1. The van der Waals surface area contributed by atoms with Crippen molar-refractivity contribution in [1.82, 2.24) is 19.5 Å². The zero-order valence-electron chi connectivity index (χ0n) is 17.7. The highest BCUT2D eigenvalue weighted by atomic mass is 35.5. The average molecular weight is 493 g/mol. The first-order valence-corrected chi connectivity index (χ1v) is 12.9. The van der Waals surface area contributed by atoms with Gasteiger partial charge in [-0.25, -0.2) is 13.1 Å². The molecule has 9 heteroatoms. The predicted octanol–water partition coefficient (Wildman–Crippen LogP) is 4.03. The van der Waals surface area contributed by atoms with Crippen LogP contribution in [0.2, 0.25) is 10.0 Å². The van der Waals surface area contributed by atoms with Crippen molar-refractivity contribution in [3.63, 3.8) is 0 Å². The molecule has 4 rings (SSSR count). The first-order chi connectivity index (χ1) is 15.4. The highest BCUT2D eigenvalue weighted by Crippen LogP contribution is 2.27. The molecule has 0 bridgehead atoms. The van der Waals surface area contributed by atoms with Gasteiger partial charge in [0.15, 0.2) is 0 Å². The quantitative estimate of drug-likeness (QED) is 0.539. The van der Waals surface area contributed by atoms with Crippen LogP contribution in [0.15, 0.2) is 59.6 Å². The molecular weight excluding hydrogens is 467 g/mol. The standard InChI is InChI=1S/C23H26Cl2N4O2S/c24-19-6-4-18(5-7-19)17-29-13-2-12-28(15-16-29)14-11-27-32(30,31)22-9-8-21(25)23-20(22)3-1-10-26-23/h1,3-10,27H,2,11-17H2. The van der Waals surface area contributed by atoms with Crippen LogP contribution in [-0.2, 0) is 16.6 Å². The molecular formula is C23H26Cl2N4O2S. The van der Waals surface area contributed by atoms with E-state index >= 15 is 0 Å². The van der Waals surface area contributed by atoms with Gasteiger partial charge in [-0.3, -0.25) is 9.88 Å². The molecule has 0 unspecified atom stereocenters. The molecule has 1 aliphatic rings. The minimum Gasteiger partial charge on any atom is -0.301 e. The van der Waals surface area contributed by atoms with Crippen molar-refractivity contribution < 1.29 is 8.42 Å². The first kappa shape index (κ1) is 23.4. The highest BCUT2D eigenvalue weighted by molar-refractivity contribution is 7.89. The molecule has 170 valence electrons. The van der Waals surface area contributed by atoms with Crippen molar-refractivity contribution in [3.05, 3.63) is 70.3 Å². The summed E-state index contributed by atoms with van der Waals surface area (Å²) in [6.45, 7) is 5.74. The van der Waals surface area contributed by atoms with Crippen LogP contribution >= 0.6 is 23.2 Å². The molecule has 2 heterocycles. The lowest BCUT2D eigenvalue weighted by Crippen LogP contribution is -2.37. The number of benzene rings is 2. The molecule has 0 spiro atoms. The Bertz CT molecular complexity index is 1170. The third-order valence-corrected chi connectivity index (χ3v) is 7.77. The fourth-order valence-corrected chi connectivity index (χ4v) is 5.57. The Morgan fingerprint density at radius 2 is 1.69 bits per heavy atom. The number of pyridine rings is 1. The number of rotatable bonds is 7. The Balaban J connectivity index is 1.31. The maximum absolute atomic E-state index is 12.9. The molecule has 0 aliphatic carbocycles. The maximum atomic E-state index is 12.9. The molecule has 1 saturated heterocycles. The summed E-state index contributed by atoms with van der Waals surface area (Å²) < 4.78 is 28.6. The van der Waals surface area contributed by atoms with E-state index in [0.29, 0.717) is 29.0 Å². The number of nitrogens with one attached hydrogen (secondary N) is 1.